The lowest BCUT2D eigenvalue weighted by atomic mass is 9.88. The van der Waals surface area contributed by atoms with Crippen molar-refractivity contribution in [3.05, 3.63) is 52.8 Å². The van der Waals surface area contributed by atoms with E-state index in [-0.39, 0.29) is 0 Å². The second kappa shape index (κ2) is 7.40. The van der Waals surface area contributed by atoms with Crippen LogP contribution in [0, 0.1) is 6.92 Å². The Labute approximate surface area is 165 Å². The topological polar surface area (TPSA) is 83.8 Å². The number of fused-ring (bicyclic) bond motifs is 1. The third-order valence-corrected chi connectivity index (χ3v) is 5.83. The number of nitrogens with one attached hydrogen (secondary N) is 2. The van der Waals surface area contributed by atoms with Gasteiger partial charge in [0.25, 0.3) is 5.91 Å². The first kappa shape index (κ1) is 18.7. The van der Waals surface area contributed by atoms with Gasteiger partial charge in [-0.15, -0.1) is 0 Å². The second-order valence-electron chi connectivity index (χ2n) is 8.13. The van der Waals surface area contributed by atoms with Gasteiger partial charge < -0.3 is 16.0 Å². The molecule has 1 fully saturated rings. The summed E-state index contributed by atoms with van der Waals surface area (Å²) in [4.78, 5) is 19.9. The zero-order chi connectivity index (χ0) is 19.8. The van der Waals surface area contributed by atoms with Crippen molar-refractivity contribution in [3.63, 3.8) is 0 Å². The molecule has 1 aliphatic rings. The van der Waals surface area contributed by atoms with E-state index in [2.05, 4.69) is 47.3 Å². The molecule has 2 aromatic heterocycles. The van der Waals surface area contributed by atoms with E-state index >= 15 is 0 Å². The quantitative estimate of drug-likeness (QED) is 0.637. The van der Waals surface area contributed by atoms with E-state index in [9.17, 15) is 4.79 Å². The van der Waals surface area contributed by atoms with Crippen LogP contribution in [0.5, 0.6) is 0 Å². The molecule has 1 saturated heterocycles. The van der Waals surface area contributed by atoms with Crippen LogP contribution in [0.2, 0.25) is 0 Å². The van der Waals surface area contributed by atoms with Crippen LogP contribution >= 0.6 is 0 Å². The fourth-order valence-electron chi connectivity index (χ4n) is 4.41. The maximum absolute atomic E-state index is 12.0. The number of primary amides is 1. The highest BCUT2D eigenvalue weighted by Crippen LogP contribution is 2.39. The maximum Gasteiger partial charge on any atom is 0.250 e. The Balaban J connectivity index is 1.91. The number of rotatable bonds is 4. The normalized spacial score (nSPS) is 15.4. The summed E-state index contributed by atoms with van der Waals surface area (Å²) in [7, 11) is 0. The SMILES string of the molecule is Cc1cc(-c2[nH]c3ccc(C4CCNCC4)cc3c2C(C)C)c(C(N)=O)cn1. The van der Waals surface area contributed by atoms with E-state index in [1.807, 2.05) is 13.0 Å². The number of nitrogens with zero attached hydrogens (tertiary/aromatic N) is 1. The fourth-order valence-corrected chi connectivity index (χ4v) is 4.41. The van der Waals surface area contributed by atoms with Crippen molar-refractivity contribution in [1.29, 1.82) is 0 Å². The van der Waals surface area contributed by atoms with E-state index in [0.717, 1.165) is 35.6 Å². The first-order valence-corrected chi connectivity index (χ1v) is 10.1. The molecule has 0 saturated carbocycles. The fraction of sp³-hybridized carbons (Fsp3) is 0.391. The summed E-state index contributed by atoms with van der Waals surface area (Å²) in [6, 6.07) is 8.72. The van der Waals surface area contributed by atoms with Crippen LogP contribution in [-0.4, -0.2) is 29.0 Å². The van der Waals surface area contributed by atoms with Gasteiger partial charge >= 0.3 is 0 Å². The minimum atomic E-state index is -0.453. The predicted molar refractivity (Wildman–Crippen MR) is 114 cm³/mol. The third-order valence-electron chi connectivity index (χ3n) is 5.83. The van der Waals surface area contributed by atoms with Gasteiger partial charge in [-0.1, -0.05) is 19.9 Å². The number of carbonyl (C=O) groups is 1. The molecule has 1 aromatic carbocycles. The molecule has 4 N–H and O–H groups in total. The lowest BCUT2D eigenvalue weighted by molar-refractivity contribution is 0.100. The van der Waals surface area contributed by atoms with E-state index in [0.29, 0.717) is 17.4 Å². The number of aromatic nitrogens is 2. The number of amides is 1. The minimum Gasteiger partial charge on any atom is -0.366 e. The lowest BCUT2D eigenvalue weighted by Crippen LogP contribution is -2.26. The van der Waals surface area contributed by atoms with Crippen LogP contribution < -0.4 is 11.1 Å². The van der Waals surface area contributed by atoms with Crippen LogP contribution in [0.3, 0.4) is 0 Å². The van der Waals surface area contributed by atoms with Crippen molar-refractivity contribution < 1.29 is 4.79 Å². The molecule has 4 rings (SSSR count). The third kappa shape index (κ3) is 3.31. The summed E-state index contributed by atoms with van der Waals surface area (Å²) >= 11 is 0. The van der Waals surface area contributed by atoms with Crippen molar-refractivity contribution >= 4 is 16.8 Å². The first-order chi connectivity index (χ1) is 13.5. The van der Waals surface area contributed by atoms with Crippen molar-refractivity contribution in [1.82, 2.24) is 15.3 Å². The number of carbonyl (C=O) groups excluding carboxylic acids is 1. The maximum atomic E-state index is 12.0. The Morgan fingerprint density at radius 1 is 1.21 bits per heavy atom. The molecule has 1 amide bonds. The summed E-state index contributed by atoms with van der Waals surface area (Å²) < 4.78 is 0. The lowest BCUT2D eigenvalue weighted by Gasteiger charge is -2.23. The van der Waals surface area contributed by atoms with Crippen LogP contribution in [0.15, 0.2) is 30.5 Å². The monoisotopic (exact) mass is 376 g/mol. The number of aromatic amines is 1. The largest absolute Gasteiger partial charge is 0.366 e. The Bertz CT molecular complexity index is 1030. The molecule has 1 aliphatic heterocycles. The van der Waals surface area contributed by atoms with E-state index < -0.39 is 5.91 Å². The molecule has 0 unspecified atom stereocenters. The van der Waals surface area contributed by atoms with Gasteiger partial charge in [-0.2, -0.15) is 0 Å². The molecule has 3 aromatic rings. The molecule has 5 nitrogen and oxygen atoms in total. The van der Waals surface area contributed by atoms with E-state index in [4.69, 9.17) is 5.73 Å². The zero-order valence-electron chi connectivity index (χ0n) is 16.8. The highest BCUT2D eigenvalue weighted by atomic mass is 16.1. The number of pyridine rings is 1. The van der Waals surface area contributed by atoms with Gasteiger partial charge in [0.2, 0.25) is 0 Å². The Morgan fingerprint density at radius 3 is 2.64 bits per heavy atom. The van der Waals surface area contributed by atoms with Gasteiger partial charge in [-0.3, -0.25) is 9.78 Å². The molecule has 3 heterocycles. The van der Waals surface area contributed by atoms with Gasteiger partial charge in [-0.05, 0) is 74.0 Å². The van der Waals surface area contributed by atoms with Crippen LogP contribution in [0.1, 0.15) is 65.7 Å². The zero-order valence-corrected chi connectivity index (χ0v) is 16.8. The summed E-state index contributed by atoms with van der Waals surface area (Å²) in [6.07, 6.45) is 3.94. The van der Waals surface area contributed by atoms with E-state index in [1.54, 1.807) is 6.20 Å². The molecule has 0 atom stereocenters. The number of benzene rings is 1. The van der Waals surface area contributed by atoms with Crippen molar-refractivity contribution in [2.45, 2.75) is 45.4 Å². The number of piperidine rings is 1. The number of nitrogens with two attached hydrogens (primary N) is 1. The number of hydrogen-bond acceptors (Lipinski definition) is 3. The number of aryl methyl sites for hydroxylation is 1. The molecule has 0 aliphatic carbocycles. The Kier molecular flexibility index (Phi) is 4.94. The van der Waals surface area contributed by atoms with Crippen LogP contribution in [0.25, 0.3) is 22.2 Å². The molecule has 0 bridgehead atoms. The molecule has 0 spiro atoms. The van der Waals surface area contributed by atoms with Crippen LogP contribution in [-0.2, 0) is 0 Å². The summed E-state index contributed by atoms with van der Waals surface area (Å²) in [5, 5.41) is 4.68. The summed E-state index contributed by atoms with van der Waals surface area (Å²) in [5.41, 5.74) is 12.5. The average molecular weight is 377 g/mol. The average Bonchev–Trinajstić information content (AvgIpc) is 3.07. The molecular weight excluding hydrogens is 348 g/mol. The Morgan fingerprint density at radius 2 is 1.96 bits per heavy atom. The first-order valence-electron chi connectivity index (χ1n) is 10.1. The predicted octanol–water partition coefficient (Wildman–Crippen LogP) is 4.23. The molecule has 146 valence electrons. The highest BCUT2D eigenvalue weighted by molar-refractivity contribution is 6.02. The molecule has 28 heavy (non-hydrogen) atoms. The van der Waals surface area contributed by atoms with Gasteiger partial charge in [0.1, 0.15) is 0 Å². The Hall–Kier alpha value is -2.66. The number of hydrogen-bond donors (Lipinski definition) is 3. The second-order valence-corrected chi connectivity index (χ2v) is 8.13. The van der Waals surface area contributed by atoms with Crippen molar-refractivity contribution in [3.8, 4) is 11.3 Å². The molecular formula is C23H28N4O. The molecule has 0 radical (unpaired) electrons. The smallest absolute Gasteiger partial charge is 0.250 e. The minimum absolute atomic E-state index is 0.307. The van der Waals surface area contributed by atoms with Crippen molar-refractivity contribution in [2.75, 3.05) is 13.1 Å². The van der Waals surface area contributed by atoms with Gasteiger partial charge in [0.15, 0.2) is 0 Å². The summed E-state index contributed by atoms with van der Waals surface area (Å²) in [6.45, 7) is 8.48. The van der Waals surface area contributed by atoms with Crippen LogP contribution in [0.4, 0.5) is 0 Å². The molecule has 5 heteroatoms. The van der Waals surface area contributed by atoms with Crippen molar-refractivity contribution in [2.24, 2.45) is 5.73 Å². The van der Waals surface area contributed by atoms with Gasteiger partial charge in [0, 0.05) is 28.4 Å². The standard InChI is InChI=1S/C23H28N4O/c1-13(2)21-18-11-16(15-6-8-25-9-7-15)4-5-20(18)27-22(21)17-10-14(3)26-12-19(17)23(24)28/h4-5,10-13,15,25,27H,6-9H2,1-3H3,(H2,24,28). The summed E-state index contributed by atoms with van der Waals surface area (Å²) in [5.74, 6) is 0.459. The van der Waals surface area contributed by atoms with Gasteiger partial charge in [-0.25, -0.2) is 0 Å². The number of H-pyrrole nitrogens is 1. The van der Waals surface area contributed by atoms with Gasteiger partial charge in [0.05, 0.1) is 11.3 Å². The highest BCUT2D eigenvalue weighted by Gasteiger charge is 2.22. The van der Waals surface area contributed by atoms with E-state index in [1.165, 1.54) is 29.4 Å².